The number of rotatable bonds is 7. The van der Waals surface area contributed by atoms with Crippen LogP contribution in [0.3, 0.4) is 0 Å². The smallest absolute Gasteiger partial charge is 0.322 e. The van der Waals surface area contributed by atoms with E-state index in [0.717, 1.165) is 51.0 Å². The Labute approximate surface area is 233 Å². The summed E-state index contributed by atoms with van der Waals surface area (Å²) in [5.41, 5.74) is 2.29. The first-order valence-corrected chi connectivity index (χ1v) is 12.5. The van der Waals surface area contributed by atoms with E-state index in [1.807, 2.05) is 24.3 Å². The van der Waals surface area contributed by atoms with E-state index in [0.29, 0.717) is 23.7 Å². The largest absolute Gasteiger partial charge is 0.416 e. The molecule has 204 valence electrons. The van der Waals surface area contributed by atoms with Crippen molar-refractivity contribution in [3.8, 4) is 0 Å². The molecule has 0 unspecified atom stereocenters. The van der Waals surface area contributed by atoms with Gasteiger partial charge in [0, 0.05) is 35.8 Å². The van der Waals surface area contributed by atoms with Gasteiger partial charge in [-0.1, -0.05) is 48.5 Å². The third kappa shape index (κ3) is 7.73. The Morgan fingerprint density at radius 1 is 0.895 bits per heavy atom. The van der Waals surface area contributed by atoms with Crippen LogP contribution in [-0.4, -0.2) is 36.0 Å². The number of nitrogens with one attached hydrogen (secondary N) is 2. The van der Waals surface area contributed by atoms with Crippen molar-refractivity contribution < 1.29 is 18.0 Å². The third-order valence-corrected chi connectivity index (χ3v) is 7.13. The first kappa shape index (κ1) is 30.0. The van der Waals surface area contributed by atoms with Gasteiger partial charge >= 0.3 is 6.18 Å². The van der Waals surface area contributed by atoms with Crippen LogP contribution in [0.4, 0.5) is 18.9 Å². The summed E-state index contributed by atoms with van der Waals surface area (Å²) in [5.74, 6) is -0.0982. The molecule has 1 heterocycles. The number of carbonyl (C=O) groups excluding carboxylic acids is 1. The van der Waals surface area contributed by atoms with Crippen LogP contribution in [0.2, 0.25) is 0 Å². The number of hydrogen-bond acceptors (Lipinski definition) is 3. The van der Waals surface area contributed by atoms with Gasteiger partial charge in [-0.2, -0.15) is 13.2 Å². The van der Waals surface area contributed by atoms with Crippen LogP contribution in [0.5, 0.6) is 0 Å². The maximum Gasteiger partial charge on any atom is 0.416 e. The van der Waals surface area contributed by atoms with Crippen LogP contribution in [-0.2, 0) is 12.7 Å². The van der Waals surface area contributed by atoms with E-state index in [9.17, 15) is 18.0 Å². The molecule has 1 saturated carbocycles. The van der Waals surface area contributed by atoms with Gasteiger partial charge in [-0.25, -0.2) is 0 Å². The van der Waals surface area contributed by atoms with Crippen molar-refractivity contribution in [2.24, 2.45) is 0 Å². The molecule has 1 aliphatic carbocycles. The molecule has 0 radical (unpaired) electrons. The standard InChI is InChI=1S/C29H30F3N3O.2ClH/c30-29(31,32)23-8-4-7-22(17-23)28(36)34-24-11-9-21(10-12-24)26-18-27(26)33-25-13-15-35(16-14-25)19-20-5-2-1-3-6-20;;/h1-12,17,25-27,33H,13-16,18-19H2,(H,34,36);2*1H/t26-,27+;;/m0../s1. The lowest BCUT2D eigenvalue weighted by atomic mass is 10.0. The zero-order valence-corrected chi connectivity index (χ0v) is 22.4. The quantitative estimate of drug-likeness (QED) is 0.327. The minimum atomic E-state index is -4.48. The van der Waals surface area contributed by atoms with Gasteiger partial charge in [-0.15, -0.1) is 24.8 Å². The molecule has 2 atom stereocenters. The van der Waals surface area contributed by atoms with E-state index < -0.39 is 17.6 Å². The molecular weight excluding hydrogens is 534 g/mol. The molecule has 1 saturated heterocycles. The average Bonchev–Trinajstić information content (AvgIpc) is 3.65. The van der Waals surface area contributed by atoms with E-state index in [4.69, 9.17) is 0 Å². The van der Waals surface area contributed by atoms with Crippen LogP contribution in [0.15, 0.2) is 78.9 Å². The summed E-state index contributed by atoms with van der Waals surface area (Å²) in [6.45, 7) is 3.21. The van der Waals surface area contributed by atoms with E-state index in [2.05, 4.69) is 45.9 Å². The SMILES string of the molecule is Cl.Cl.O=C(Nc1ccc([C@@H]2C[C@H]2NC2CCN(Cc3ccccc3)CC2)cc1)c1cccc(C(F)(F)F)c1. The summed E-state index contributed by atoms with van der Waals surface area (Å²) >= 11 is 0. The van der Waals surface area contributed by atoms with Crippen LogP contribution in [0.25, 0.3) is 0 Å². The monoisotopic (exact) mass is 565 g/mol. The topological polar surface area (TPSA) is 44.4 Å². The fourth-order valence-electron chi connectivity index (χ4n) is 5.00. The maximum absolute atomic E-state index is 12.9. The highest BCUT2D eigenvalue weighted by Gasteiger charge is 2.39. The van der Waals surface area contributed by atoms with Crippen molar-refractivity contribution in [2.45, 2.75) is 50.0 Å². The molecule has 5 rings (SSSR count). The van der Waals surface area contributed by atoms with Gasteiger partial charge < -0.3 is 10.6 Å². The zero-order chi connectivity index (χ0) is 25.1. The summed E-state index contributed by atoms with van der Waals surface area (Å²) < 4.78 is 38.8. The lowest BCUT2D eigenvalue weighted by Crippen LogP contribution is -2.43. The Bertz CT molecular complexity index is 1180. The van der Waals surface area contributed by atoms with Crippen LogP contribution < -0.4 is 10.6 Å². The van der Waals surface area contributed by atoms with Crippen LogP contribution >= 0.6 is 24.8 Å². The van der Waals surface area contributed by atoms with Crippen LogP contribution in [0, 0.1) is 0 Å². The van der Waals surface area contributed by atoms with Crippen molar-refractivity contribution >= 4 is 36.4 Å². The summed E-state index contributed by atoms with van der Waals surface area (Å²) in [6.07, 6.45) is -1.08. The molecule has 9 heteroatoms. The molecule has 0 aromatic heterocycles. The number of likely N-dealkylation sites (tertiary alicyclic amines) is 1. The Kier molecular flexibility index (Phi) is 10.2. The Balaban J connectivity index is 0.00000200. The second-order valence-corrected chi connectivity index (χ2v) is 9.81. The Morgan fingerprint density at radius 2 is 1.58 bits per heavy atom. The van der Waals surface area contributed by atoms with E-state index in [1.165, 1.54) is 23.3 Å². The number of nitrogens with zero attached hydrogens (tertiary/aromatic N) is 1. The van der Waals surface area contributed by atoms with Gasteiger partial charge in [-0.05, 0) is 73.8 Å². The molecule has 3 aromatic rings. The van der Waals surface area contributed by atoms with Crippen molar-refractivity contribution in [2.75, 3.05) is 18.4 Å². The highest BCUT2D eigenvalue weighted by molar-refractivity contribution is 6.04. The summed E-state index contributed by atoms with van der Waals surface area (Å²) in [6, 6.07) is 23.7. The van der Waals surface area contributed by atoms with Gasteiger partial charge in [0.05, 0.1) is 5.56 Å². The summed E-state index contributed by atoms with van der Waals surface area (Å²) in [7, 11) is 0. The highest BCUT2D eigenvalue weighted by atomic mass is 35.5. The predicted molar refractivity (Wildman–Crippen MR) is 149 cm³/mol. The molecule has 1 amide bonds. The zero-order valence-electron chi connectivity index (χ0n) is 20.8. The van der Waals surface area contributed by atoms with Gasteiger partial charge in [0.1, 0.15) is 0 Å². The molecular formula is C29H32Cl2F3N3O. The van der Waals surface area contributed by atoms with Crippen molar-refractivity contribution in [3.63, 3.8) is 0 Å². The van der Waals surface area contributed by atoms with E-state index >= 15 is 0 Å². The lowest BCUT2D eigenvalue weighted by molar-refractivity contribution is -0.137. The number of anilines is 1. The molecule has 4 nitrogen and oxygen atoms in total. The Hall–Kier alpha value is -2.58. The van der Waals surface area contributed by atoms with Crippen molar-refractivity contribution in [3.05, 3.63) is 101 Å². The molecule has 1 aliphatic heterocycles. The minimum Gasteiger partial charge on any atom is -0.322 e. The first-order chi connectivity index (χ1) is 17.3. The molecule has 0 bridgehead atoms. The fraction of sp³-hybridized carbons (Fsp3) is 0.345. The first-order valence-electron chi connectivity index (χ1n) is 12.5. The second kappa shape index (κ2) is 13.0. The number of alkyl halides is 3. The van der Waals surface area contributed by atoms with Gasteiger partial charge in [0.15, 0.2) is 0 Å². The Morgan fingerprint density at radius 3 is 2.24 bits per heavy atom. The highest BCUT2D eigenvalue weighted by Crippen LogP contribution is 2.42. The number of benzene rings is 3. The molecule has 2 aliphatic rings. The predicted octanol–water partition coefficient (Wildman–Crippen LogP) is 6.91. The lowest BCUT2D eigenvalue weighted by Gasteiger charge is -2.32. The van der Waals surface area contributed by atoms with Gasteiger partial charge in [0.2, 0.25) is 0 Å². The number of amides is 1. The second-order valence-electron chi connectivity index (χ2n) is 9.81. The molecule has 2 N–H and O–H groups in total. The maximum atomic E-state index is 12.9. The minimum absolute atomic E-state index is 0. The van der Waals surface area contributed by atoms with Gasteiger partial charge in [0.25, 0.3) is 5.91 Å². The van der Waals surface area contributed by atoms with Crippen molar-refractivity contribution in [1.82, 2.24) is 10.2 Å². The molecule has 3 aromatic carbocycles. The molecule has 2 fully saturated rings. The number of piperidine rings is 1. The van der Waals surface area contributed by atoms with Crippen molar-refractivity contribution in [1.29, 1.82) is 0 Å². The number of hydrogen-bond donors (Lipinski definition) is 2. The normalized spacial score (nSPS) is 19.7. The summed E-state index contributed by atoms with van der Waals surface area (Å²) in [4.78, 5) is 14.9. The number of halogens is 5. The molecule has 38 heavy (non-hydrogen) atoms. The number of carbonyl (C=O) groups is 1. The van der Waals surface area contributed by atoms with Gasteiger partial charge in [-0.3, -0.25) is 9.69 Å². The fourth-order valence-corrected chi connectivity index (χ4v) is 5.00. The summed E-state index contributed by atoms with van der Waals surface area (Å²) in [5, 5.41) is 6.52. The third-order valence-electron chi connectivity index (χ3n) is 7.13. The average molecular weight is 566 g/mol. The molecule has 0 spiro atoms. The van der Waals surface area contributed by atoms with E-state index in [1.54, 1.807) is 0 Å². The van der Waals surface area contributed by atoms with E-state index in [-0.39, 0.29) is 30.4 Å². The van der Waals surface area contributed by atoms with Crippen LogP contribution in [0.1, 0.15) is 52.2 Å².